The summed E-state index contributed by atoms with van der Waals surface area (Å²) in [6.07, 6.45) is 0.895. The lowest BCUT2D eigenvalue weighted by Crippen LogP contribution is -2.33. The maximum Gasteiger partial charge on any atom is 0.254 e. The Kier molecular flexibility index (Phi) is 3.87. The van der Waals surface area contributed by atoms with Crippen LogP contribution in [0.4, 0.5) is 5.69 Å². The number of benzene rings is 1. The molecule has 18 heavy (non-hydrogen) atoms. The highest BCUT2D eigenvalue weighted by Gasteiger charge is 2.19. The highest BCUT2D eigenvalue weighted by atomic mass is 16.5. The van der Waals surface area contributed by atoms with E-state index in [1.165, 1.54) is 0 Å². The van der Waals surface area contributed by atoms with Gasteiger partial charge in [0.15, 0.2) is 0 Å². The van der Waals surface area contributed by atoms with Crippen molar-refractivity contribution in [3.05, 3.63) is 28.8 Å². The van der Waals surface area contributed by atoms with Crippen molar-refractivity contribution in [3.63, 3.8) is 0 Å². The predicted molar refractivity (Wildman–Crippen MR) is 71.7 cm³/mol. The van der Waals surface area contributed by atoms with E-state index in [9.17, 15) is 4.79 Å². The highest BCUT2D eigenvalue weighted by molar-refractivity contribution is 5.96. The quantitative estimate of drug-likeness (QED) is 0.770. The summed E-state index contributed by atoms with van der Waals surface area (Å²) < 4.78 is 5.37. The molecule has 1 aliphatic heterocycles. The summed E-state index contributed by atoms with van der Waals surface area (Å²) in [7, 11) is 0. The van der Waals surface area contributed by atoms with E-state index in [1.54, 1.807) is 6.07 Å². The van der Waals surface area contributed by atoms with Crippen molar-refractivity contribution in [2.75, 3.05) is 32.0 Å². The first kappa shape index (κ1) is 12.9. The molecule has 0 aliphatic carbocycles. The summed E-state index contributed by atoms with van der Waals surface area (Å²) in [6.45, 7) is 6.67. The largest absolute Gasteiger partial charge is 0.398 e. The number of hydrogen-bond donors (Lipinski definition) is 1. The molecule has 0 unspecified atom stereocenters. The van der Waals surface area contributed by atoms with E-state index >= 15 is 0 Å². The maximum atomic E-state index is 12.5. The van der Waals surface area contributed by atoms with Gasteiger partial charge in [-0.25, -0.2) is 0 Å². The van der Waals surface area contributed by atoms with Crippen LogP contribution >= 0.6 is 0 Å². The normalized spacial score (nSPS) is 16.4. The molecule has 2 rings (SSSR count). The molecule has 1 aromatic rings. The average molecular weight is 248 g/mol. The van der Waals surface area contributed by atoms with E-state index in [1.807, 2.05) is 24.8 Å². The highest BCUT2D eigenvalue weighted by Crippen LogP contribution is 2.19. The lowest BCUT2D eigenvalue weighted by Gasteiger charge is -2.21. The van der Waals surface area contributed by atoms with Crippen molar-refractivity contribution in [2.45, 2.75) is 20.3 Å². The molecular formula is C14H20N2O2. The Labute approximate surface area is 108 Å². The Balaban J connectivity index is 2.24. The molecule has 2 N–H and O–H groups in total. The van der Waals surface area contributed by atoms with E-state index in [0.717, 1.165) is 30.7 Å². The van der Waals surface area contributed by atoms with Crippen LogP contribution < -0.4 is 5.73 Å². The number of amides is 1. The summed E-state index contributed by atoms with van der Waals surface area (Å²) in [5.74, 6) is 0.0599. The van der Waals surface area contributed by atoms with Gasteiger partial charge in [-0.05, 0) is 37.5 Å². The fraction of sp³-hybridized carbons (Fsp3) is 0.500. The van der Waals surface area contributed by atoms with Gasteiger partial charge in [0.25, 0.3) is 5.91 Å². The molecule has 1 fully saturated rings. The molecule has 4 nitrogen and oxygen atoms in total. The van der Waals surface area contributed by atoms with E-state index in [-0.39, 0.29) is 5.91 Å². The van der Waals surface area contributed by atoms with Gasteiger partial charge >= 0.3 is 0 Å². The zero-order valence-corrected chi connectivity index (χ0v) is 11.0. The molecule has 0 saturated carbocycles. The molecule has 1 heterocycles. The van der Waals surface area contributed by atoms with Crippen LogP contribution in [-0.4, -0.2) is 37.1 Å². The van der Waals surface area contributed by atoms with E-state index < -0.39 is 0 Å². The van der Waals surface area contributed by atoms with Crippen LogP contribution in [0.25, 0.3) is 0 Å². The SMILES string of the molecule is Cc1cc(C)c(C(=O)N2CCCOCC2)cc1N. The van der Waals surface area contributed by atoms with Crippen molar-refractivity contribution < 1.29 is 9.53 Å². The summed E-state index contributed by atoms with van der Waals surface area (Å²) in [4.78, 5) is 14.3. The van der Waals surface area contributed by atoms with Gasteiger partial charge in [-0.15, -0.1) is 0 Å². The minimum absolute atomic E-state index is 0.0599. The van der Waals surface area contributed by atoms with E-state index in [2.05, 4.69) is 0 Å². The summed E-state index contributed by atoms with van der Waals surface area (Å²) in [5.41, 5.74) is 9.28. The number of nitrogen functional groups attached to an aromatic ring is 1. The number of aryl methyl sites for hydroxylation is 2. The zero-order valence-electron chi connectivity index (χ0n) is 11.0. The van der Waals surface area contributed by atoms with E-state index in [0.29, 0.717) is 24.4 Å². The molecule has 1 aromatic carbocycles. The number of hydrogen-bond acceptors (Lipinski definition) is 3. The number of rotatable bonds is 1. The van der Waals surface area contributed by atoms with Crippen LogP contribution in [0.3, 0.4) is 0 Å². The number of ether oxygens (including phenoxy) is 1. The van der Waals surface area contributed by atoms with Crippen molar-refractivity contribution in [1.82, 2.24) is 4.90 Å². The molecule has 98 valence electrons. The van der Waals surface area contributed by atoms with Gasteiger partial charge in [-0.1, -0.05) is 6.07 Å². The fourth-order valence-electron chi connectivity index (χ4n) is 2.22. The summed E-state index contributed by atoms with van der Waals surface area (Å²) in [5, 5.41) is 0. The molecule has 1 saturated heterocycles. The zero-order chi connectivity index (χ0) is 13.1. The Morgan fingerprint density at radius 2 is 2.00 bits per heavy atom. The predicted octanol–water partition coefficient (Wildman–Crippen LogP) is 1.75. The number of carbonyl (C=O) groups is 1. The van der Waals surface area contributed by atoms with Crippen LogP contribution in [-0.2, 0) is 4.74 Å². The van der Waals surface area contributed by atoms with E-state index in [4.69, 9.17) is 10.5 Å². The molecule has 0 aromatic heterocycles. The van der Waals surface area contributed by atoms with Crippen LogP contribution in [0.1, 0.15) is 27.9 Å². The van der Waals surface area contributed by atoms with Gasteiger partial charge in [-0.2, -0.15) is 0 Å². The topological polar surface area (TPSA) is 55.6 Å². The first-order valence-corrected chi connectivity index (χ1v) is 6.33. The summed E-state index contributed by atoms with van der Waals surface area (Å²) in [6, 6.07) is 3.76. The van der Waals surface area contributed by atoms with Gasteiger partial charge in [-0.3, -0.25) is 4.79 Å². The number of anilines is 1. The number of nitrogens with two attached hydrogens (primary N) is 1. The van der Waals surface area contributed by atoms with Gasteiger partial charge in [0.05, 0.1) is 6.61 Å². The Morgan fingerprint density at radius 3 is 2.78 bits per heavy atom. The van der Waals surface area contributed by atoms with Crippen LogP contribution in [0, 0.1) is 13.8 Å². The third-order valence-electron chi connectivity index (χ3n) is 3.35. The summed E-state index contributed by atoms with van der Waals surface area (Å²) >= 11 is 0. The molecule has 0 atom stereocenters. The van der Waals surface area contributed by atoms with Gasteiger partial charge < -0.3 is 15.4 Å². The second-order valence-electron chi connectivity index (χ2n) is 4.78. The minimum Gasteiger partial charge on any atom is -0.398 e. The van der Waals surface area contributed by atoms with Crippen LogP contribution in [0.5, 0.6) is 0 Å². The van der Waals surface area contributed by atoms with Crippen LogP contribution in [0.2, 0.25) is 0 Å². The molecule has 1 aliphatic rings. The Morgan fingerprint density at radius 1 is 1.22 bits per heavy atom. The van der Waals surface area contributed by atoms with Crippen LogP contribution in [0.15, 0.2) is 12.1 Å². The molecule has 0 spiro atoms. The fourth-order valence-corrected chi connectivity index (χ4v) is 2.22. The number of carbonyl (C=O) groups excluding carboxylic acids is 1. The Hall–Kier alpha value is -1.55. The lowest BCUT2D eigenvalue weighted by atomic mass is 10.0. The monoisotopic (exact) mass is 248 g/mol. The molecule has 1 amide bonds. The van der Waals surface area contributed by atoms with Crippen molar-refractivity contribution in [3.8, 4) is 0 Å². The first-order valence-electron chi connectivity index (χ1n) is 6.33. The molecule has 4 heteroatoms. The second kappa shape index (κ2) is 5.40. The van der Waals surface area contributed by atoms with Crippen molar-refractivity contribution in [1.29, 1.82) is 0 Å². The van der Waals surface area contributed by atoms with Crippen molar-refractivity contribution >= 4 is 11.6 Å². The van der Waals surface area contributed by atoms with Gasteiger partial charge in [0, 0.05) is 30.9 Å². The molecular weight excluding hydrogens is 228 g/mol. The third kappa shape index (κ3) is 2.64. The molecule has 0 bridgehead atoms. The van der Waals surface area contributed by atoms with Crippen molar-refractivity contribution in [2.24, 2.45) is 0 Å². The standard InChI is InChI=1S/C14H20N2O2/c1-10-8-11(2)13(15)9-12(10)14(17)16-4-3-6-18-7-5-16/h8-9H,3-7,15H2,1-2H3. The number of nitrogens with zero attached hydrogens (tertiary/aromatic N) is 1. The first-order chi connectivity index (χ1) is 8.59. The Bertz CT molecular complexity index is 449. The average Bonchev–Trinajstić information content (AvgIpc) is 2.61. The lowest BCUT2D eigenvalue weighted by molar-refractivity contribution is 0.0740. The maximum absolute atomic E-state index is 12.5. The smallest absolute Gasteiger partial charge is 0.254 e. The third-order valence-corrected chi connectivity index (χ3v) is 3.35. The molecule has 0 radical (unpaired) electrons. The van der Waals surface area contributed by atoms with Gasteiger partial charge in [0.1, 0.15) is 0 Å². The minimum atomic E-state index is 0.0599. The second-order valence-corrected chi connectivity index (χ2v) is 4.78. The van der Waals surface area contributed by atoms with Gasteiger partial charge in [0.2, 0.25) is 0 Å².